The molecule has 0 radical (unpaired) electrons. The molecule has 0 saturated heterocycles. The number of rotatable bonds is 2. The van der Waals surface area contributed by atoms with Gasteiger partial charge in [0, 0.05) is 6.54 Å². The quantitative estimate of drug-likeness (QED) is 0.592. The molecule has 70 valence electrons. The van der Waals surface area contributed by atoms with Gasteiger partial charge in [0.25, 0.3) is 5.91 Å². The molecule has 0 atom stereocenters. The van der Waals surface area contributed by atoms with Crippen LogP contribution in [0.4, 0.5) is 0 Å². The summed E-state index contributed by atoms with van der Waals surface area (Å²) in [7, 11) is 0. The number of carbonyl (C=O) groups is 2. The van der Waals surface area contributed by atoms with Crippen LogP contribution in [0.2, 0.25) is 0 Å². The molecule has 1 aliphatic heterocycles. The van der Waals surface area contributed by atoms with Crippen molar-refractivity contribution >= 4 is 11.9 Å². The molecule has 0 unspecified atom stereocenters. The Bertz CT molecular complexity index is 294. The maximum atomic E-state index is 11.3. The van der Waals surface area contributed by atoms with Crippen LogP contribution >= 0.6 is 0 Å². The average molecular weight is 182 g/mol. The topological polar surface area (TPSA) is 83.6 Å². The molecular weight excluding hydrogens is 172 g/mol. The van der Waals surface area contributed by atoms with Crippen molar-refractivity contribution in [3.63, 3.8) is 0 Å². The summed E-state index contributed by atoms with van der Waals surface area (Å²) in [5, 5.41) is 8.48. The number of hydrogen-bond acceptors (Lipinski definition) is 3. The Labute approximate surface area is 75.1 Å². The second kappa shape index (κ2) is 3.75. The Hall–Kier alpha value is -1.78. The number of hydrogen-bond donors (Lipinski definition) is 2. The van der Waals surface area contributed by atoms with E-state index in [1.807, 2.05) is 0 Å². The zero-order chi connectivity index (χ0) is 9.84. The Kier molecular flexibility index (Phi) is 2.69. The monoisotopic (exact) mass is 182 g/mol. The van der Waals surface area contributed by atoms with Crippen molar-refractivity contribution in [2.45, 2.75) is 0 Å². The third-order valence-corrected chi connectivity index (χ3v) is 1.60. The first-order chi connectivity index (χ1) is 6.11. The van der Waals surface area contributed by atoms with Crippen LogP contribution in [0.15, 0.2) is 23.9 Å². The highest BCUT2D eigenvalue weighted by Crippen LogP contribution is 2.01. The molecule has 1 amide bonds. The molecule has 5 nitrogen and oxygen atoms in total. The highest BCUT2D eigenvalue weighted by Gasteiger charge is 2.18. The molecule has 1 aliphatic rings. The normalized spacial score (nSPS) is 16.8. The van der Waals surface area contributed by atoms with Crippen LogP contribution < -0.4 is 5.73 Å². The maximum Gasteiger partial charge on any atom is 0.323 e. The standard InChI is InChI=1S/C8H10N2O3/c9-6-3-1-2-4-10(8(6)13)5-7(11)12/h1-3H,4-5,9H2,(H,11,12). The molecule has 0 aromatic heterocycles. The molecular formula is C8H10N2O3. The van der Waals surface area contributed by atoms with Gasteiger partial charge >= 0.3 is 5.97 Å². The predicted molar refractivity (Wildman–Crippen MR) is 45.6 cm³/mol. The number of carboxylic acid groups (broad SMARTS) is 1. The lowest BCUT2D eigenvalue weighted by atomic mass is 10.3. The lowest BCUT2D eigenvalue weighted by Crippen LogP contribution is -2.37. The van der Waals surface area contributed by atoms with E-state index in [9.17, 15) is 9.59 Å². The van der Waals surface area contributed by atoms with Crippen LogP contribution in [-0.4, -0.2) is 35.0 Å². The minimum Gasteiger partial charge on any atom is -0.480 e. The van der Waals surface area contributed by atoms with Crippen LogP contribution in [0.3, 0.4) is 0 Å². The summed E-state index contributed by atoms with van der Waals surface area (Å²) in [5.74, 6) is -1.48. The van der Waals surface area contributed by atoms with E-state index >= 15 is 0 Å². The molecule has 0 fully saturated rings. The van der Waals surface area contributed by atoms with E-state index in [1.165, 1.54) is 6.08 Å². The lowest BCUT2D eigenvalue weighted by Gasteiger charge is -2.17. The fourth-order valence-electron chi connectivity index (χ4n) is 0.996. The van der Waals surface area contributed by atoms with Crippen molar-refractivity contribution in [2.75, 3.05) is 13.1 Å². The summed E-state index contributed by atoms with van der Waals surface area (Å²) in [4.78, 5) is 22.8. The van der Waals surface area contributed by atoms with Crippen molar-refractivity contribution in [3.05, 3.63) is 23.9 Å². The van der Waals surface area contributed by atoms with E-state index in [0.29, 0.717) is 0 Å². The van der Waals surface area contributed by atoms with Crippen LogP contribution in [0.25, 0.3) is 0 Å². The summed E-state index contributed by atoms with van der Waals surface area (Å²) >= 11 is 0. The van der Waals surface area contributed by atoms with E-state index in [2.05, 4.69) is 0 Å². The summed E-state index contributed by atoms with van der Waals surface area (Å²) in [6, 6.07) is 0. The molecule has 0 bridgehead atoms. The molecule has 0 spiro atoms. The highest BCUT2D eigenvalue weighted by atomic mass is 16.4. The molecule has 0 aromatic rings. The first-order valence-electron chi connectivity index (χ1n) is 3.74. The SMILES string of the molecule is NC1=CC=CCN(CC(=O)O)C1=O. The van der Waals surface area contributed by atoms with Gasteiger partial charge in [0.15, 0.2) is 0 Å². The molecule has 13 heavy (non-hydrogen) atoms. The van der Waals surface area contributed by atoms with Crippen LogP contribution in [0.1, 0.15) is 0 Å². The average Bonchev–Trinajstić information content (AvgIpc) is 2.19. The number of nitrogens with two attached hydrogens (primary N) is 1. The number of nitrogens with zero attached hydrogens (tertiary/aromatic N) is 1. The van der Waals surface area contributed by atoms with Gasteiger partial charge in [-0.25, -0.2) is 0 Å². The minimum absolute atomic E-state index is 0.0648. The number of allylic oxidation sites excluding steroid dienone is 2. The first kappa shape index (κ1) is 9.31. The van der Waals surface area contributed by atoms with E-state index < -0.39 is 11.9 Å². The van der Waals surface area contributed by atoms with E-state index in [4.69, 9.17) is 10.8 Å². The van der Waals surface area contributed by atoms with Gasteiger partial charge in [-0.2, -0.15) is 0 Å². The predicted octanol–water partition coefficient (Wildman–Crippen LogP) is -0.688. The lowest BCUT2D eigenvalue weighted by molar-refractivity contribution is -0.142. The molecule has 3 N–H and O–H groups in total. The maximum absolute atomic E-state index is 11.3. The summed E-state index contributed by atoms with van der Waals surface area (Å²) < 4.78 is 0. The van der Waals surface area contributed by atoms with Gasteiger partial charge in [0.1, 0.15) is 6.54 Å². The van der Waals surface area contributed by atoms with E-state index in [1.54, 1.807) is 12.2 Å². The molecule has 0 saturated carbocycles. The fourth-order valence-corrected chi connectivity index (χ4v) is 0.996. The van der Waals surface area contributed by atoms with Crippen molar-refractivity contribution in [3.8, 4) is 0 Å². The Morgan fingerprint density at radius 2 is 2.38 bits per heavy atom. The second-order valence-electron chi connectivity index (χ2n) is 2.63. The van der Waals surface area contributed by atoms with Gasteiger partial charge in [0.05, 0.1) is 5.70 Å². The minimum atomic E-state index is -1.04. The van der Waals surface area contributed by atoms with Crippen LogP contribution in [-0.2, 0) is 9.59 Å². The largest absolute Gasteiger partial charge is 0.480 e. The van der Waals surface area contributed by atoms with Gasteiger partial charge in [-0.15, -0.1) is 0 Å². The van der Waals surface area contributed by atoms with Crippen molar-refractivity contribution in [1.29, 1.82) is 0 Å². The van der Waals surface area contributed by atoms with Gasteiger partial charge in [0.2, 0.25) is 0 Å². The van der Waals surface area contributed by atoms with Gasteiger partial charge in [-0.05, 0) is 6.08 Å². The van der Waals surface area contributed by atoms with Gasteiger partial charge in [-0.1, -0.05) is 12.2 Å². The number of aliphatic carboxylic acids is 1. The van der Waals surface area contributed by atoms with Crippen molar-refractivity contribution in [1.82, 2.24) is 4.90 Å². The third-order valence-electron chi connectivity index (χ3n) is 1.60. The Balaban J connectivity index is 2.75. The fraction of sp³-hybridized carbons (Fsp3) is 0.250. The molecule has 5 heteroatoms. The molecule has 1 heterocycles. The number of carbonyl (C=O) groups excluding carboxylic acids is 1. The zero-order valence-corrected chi connectivity index (χ0v) is 6.93. The first-order valence-corrected chi connectivity index (χ1v) is 3.74. The molecule has 0 aromatic carbocycles. The number of amides is 1. The zero-order valence-electron chi connectivity index (χ0n) is 6.93. The van der Waals surface area contributed by atoms with Crippen molar-refractivity contribution in [2.24, 2.45) is 5.73 Å². The summed E-state index contributed by atoms with van der Waals surface area (Å²) in [6.45, 7) is -0.0416. The van der Waals surface area contributed by atoms with Crippen molar-refractivity contribution < 1.29 is 14.7 Å². The Morgan fingerprint density at radius 1 is 1.69 bits per heavy atom. The smallest absolute Gasteiger partial charge is 0.323 e. The summed E-state index contributed by atoms with van der Waals surface area (Å²) in [6.07, 6.45) is 4.78. The Morgan fingerprint density at radius 3 is 3.00 bits per heavy atom. The van der Waals surface area contributed by atoms with E-state index in [0.717, 1.165) is 4.90 Å². The van der Waals surface area contributed by atoms with E-state index in [-0.39, 0.29) is 18.8 Å². The number of carboxylic acids is 1. The van der Waals surface area contributed by atoms with Gasteiger partial charge < -0.3 is 15.7 Å². The van der Waals surface area contributed by atoms with Gasteiger partial charge in [-0.3, -0.25) is 9.59 Å². The third kappa shape index (κ3) is 2.33. The van der Waals surface area contributed by atoms with Crippen LogP contribution in [0.5, 0.6) is 0 Å². The molecule has 1 rings (SSSR count). The highest BCUT2D eigenvalue weighted by molar-refractivity contribution is 5.95. The molecule has 0 aliphatic carbocycles. The second-order valence-corrected chi connectivity index (χ2v) is 2.63. The summed E-state index contributed by atoms with van der Waals surface area (Å²) in [5.41, 5.74) is 5.43. The van der Waals surface area contributed by atoms with Crippen LogP contribution in [0, 0.1) is 0 Å².